The fraction of sp³-hybridized carbons (Fsp3) is 0.880. The van der Waals surface area contributed by atoms with Gasteiger partial charge in [-0.15, -0.1) is 0 Å². The van der Waals surface area contributed by atoms with Crippen molar-refractivity contribution in [1.29, 1.82) is 0 Å². The molecule has 2 rings (SSSR count). The average molecular weight is 1260 g/mol. The molecule has 0 aromatic rings. The van der Waals surface area contributed by atoms with E-state index < -0.39 is 86.8 Å². The van der Waals surface area contributed by atoms with Gasteiger partial charge in [-0.2, -0.15) is 0 Å². The summed E-state index contributed by atoms with van der Waals surface area (Å²) in [6.45, 7) is 2.83. The van der Waals surface area contributed by atoms with Crippen LogP contribution in [0.5, 0.6) is 0 Å². The van der Waals surface area contributed by atoms with Gasteiger partial charge in [0.15, 0.2) is 12.6 Å². The molecule has 2 fully saturated rings. The van der Waals surface area contributed by atoms with Crippen molar-refractivity contribution in [2.24, 2.45) is 0 Å². The van der Waals surface area contributed by atoms with Gasteiger partial charge in [0.2, 0.25) is 5.91 Å². The lowest BCUT2D eigenvalue weighted by Crippen LogP contribution is -2.65. The summed E-state index contributed by atoms with van der Waals surface area (Å²) >= 11 is 0. The Morgan fingerprint density at radius 2 is 0.742 bits per heavy atom. The Morgan fingerprint density at radius 3 is 1.13 bits per heavy atom. The van der Waals surface area contributed by atoms with Crippen molar-refractivity contribution in [1.82, 2.24) is 5.32 Å². The predicted octanol–water partition coefficient (Wildman–Crippen LogP) is 15.9. The average Bonchev–Trinajstić information content (AvgIpc) is 2.75. The third-order valence-electron chi connectivity index (χ3n) is 18.3. The number of carbonyl (C=O) groups is 1. The number of aliphatic hydroxyl groups excluding tert-OH is 8. The Kier molecular flexibility index (Phi) is 55.7. The number of allylic oxidation sites excluding steroid dienone is 7. The van der Waals surface area contributed by atoms with Crippen LogP contribution in [0.3, 0.4) is 0 Å². The van der Waals surface area contributed by atoms with Crippen molar-refractivity contribution < 1.29 is 64.6 Å². The highest BCUT2D eigenvalue weighted by Crippen LogP contribution is 2.30. The zero-order chi connectivity index (χ0) is 64.5. The van der Waals surface area contributed by atoms with Crippen molar-refractivity contribution in [2.45, 2.75) is 402 Å². The fourth-order valence-electron chi connectivity index (χ4n) is 12.3. The van der Waals surface area contributed by atoms with E-state index in [4.69, 9.17) is 18.9 Å². The highest BCUT2D eigenvalue weighted by Gasteiger charge is 2.51. The first-order chi connectivity index (χ1) is 43.6. The number of ether oxygens (including phenoxy) is 4. The summed E-state index contributed by atoms with van der Waals surface area (Å²) in [4.78, 5) is 13.4. The number of aliphatic hydroxyl groups is 8. The zero-order valence-corrected chi connectivity index (χ0v) is 56.9. The summed E-state index contributed by atoms with van der Waals surface area (Å²) in [5.41, 5.74) is 0. The molecule has 2 aliphatic heterocycles. The Balaban J connectivity index is 1.64. The standard InChI is InChI=1S/C75H139NO13/c1-3-5-7-9-11-13-15-17-19-21-23-25-27-28-29-30-31-32-33-34-35-36-37-39-41-43-45-47-49-51-53-55-57-59-67(80)76-63(62-86-74-72(85)70(83)73(66(61-78)88-74)89-75-71(84)69(82)68(81)65(60-77)87-75)64(79)58-56-54-52-50-48-46-44-42-40-38-26-24-22-20-18-16-14-12-10-8-6-4-2/h15,17,21,23,27-28,56,58,63-66,68-75,77-79,81-85H,3-14,16,18-20,22,24-26,29-55,57,59-62H2,1-2H3,(H,76,80)/b17-15-,23-21-,28-27-,58-56+. The van der Waals surface area contributed by atoms with E-state index in [9.17, 15) is 45.6 Å². The van der Waals surface area contributed by atoms with Gasteiger partial charge in [0.1, 0.15) is 48.8 Å². The van der Waals surface area contributed by atoms with Crippen LogP contribution in [0.25, 0.3) is 0 Å². The number of carbonyl (C=O) groups excluding carboxylic acids is 1. The number of amides is 1. The molecule has 2 aliphatic rings. The maximum Gasteiger partial charge on any atom is 0.220 e. The predicted molar refractivity (Wildman–Crippen MR) is 364 cm³/mol. The second-order valence-electron chi connectivity index (χ2n) is 26.4. The Bertz CT molecular complexity index is 1680. The first-order valence-electron chi connectivity index (χ1n) is 37.4. The lowest BCUT2D eigenvalue weighted by Gasteiger charge is -2.46. The molecule has 89 heavy (non-hydrogen) atoms. The van der Waals surface area contributed by atoms with Crippen LogP contribution >= 0.6 is 0 Å². The summed E-state index contributed by atoms with van der Waals surface area (Å²) in [6.07, 6.45) is 61.7. The highest BCUT2D eigenvalue weighted by atomic mass is 16.7. The van der Waals surface area contributed by atoms with Gasteiger partial charge in [-0.3, -0.25) is 4.79 Å². The molecule has 0 aromatic heterocycles. The normalized spacial score (nSPS) is 23.3. The highest BCUT2D eigenvalue weighted by molar-refractivity contribution is 5.76. The molecule has 0 aliphatic carbocycles. The Morgan fingerprint density at radius 1 is 0.404 bits per heavy atom. The molecule has 1 amide bonds. The zero-order valence-electron chi connectivity index (χ0n) is 56.9. The van der Waals surface area contributed by atoms with Gasteiger partial charge >= 0.3 is 0 Å². The number of rotatable bonds is 62. The summed E-state index contributed by atoms with van der Waals surface area (Å²) in [7, 11) is 0. The van der Waals surface area contributed by atoms with Crippen LogP contribution in [0.1, 0.15) is 328 Å². The molecule has 0 spiro atoms. The molecule has 12 atom stereocenters. The lowest BCUT2D eigenvalue weighted by molar-refractivity contribution is -0.359. The summed E-state index contributed by atoms with van der Waals surface area (Å²) < 4.78 is 22.9. The monoisotopic (exact) mass is 1260 g/mol. The second-order valence-corrected chi connectivity index (χ2v) is 26.4. The number of hydrogen-bond donors (Lipinski definition) is 9. The fourth-order valence-corrected chi connectivity index (χ4v) is 12.3. The van der Waals surface area contributed by atoms with Crippen LogP contribution in [0.15, 0.2) is 48.6 Å². The van der Waals surface area contributed by atoms with E-state index in [1.807, 2.05) is 6.08 Å². The number of hydrogen-bond acceptors (Lipinski definition) is 13. The van der Waals surface area contributed by atoms with E-state index in [2.05, 4.69) is 55.6 Å². The molecule has 2 saturated heterocycles. The third-order valence-corrected chi connectivity index (χ3v) is 18.3. The van der Waals surface area contributed by atoms with Gasteiger partial charge < -0.3 is 65.1 Å². The summed E-state index contributed by atoms with van der Waals surface area (Å²) in [6, 6.07) is -0.916. The van der Waals surface area contributed by atoms with Gasteiger partial charge in [-0.1, -0.05) is 313 Å². The number of unbranched alkanes of at least 4 members (excludes halogenated alkanes) is 43. The minimum absolute atomic E-state index is 0.234. The molecule has 12 unspecified atom stereocenters. The van der Waals surface area contributed by atoms with Crippen molar-refractivity contribution >= 4 is 5.91 Å². The molecular weight excluding hydrogens is 1120 g/mol. The molecule has 14 heteroatoms. The van der Waals surface area contributed by atoms with Gasteiger partial charge in [0.25, 0.3) is 0 Å². The maximum atomic E-state index is 13.4. The van der Waals surface area contributed by atoms with Gasteiger partial charge in [0.05, 0.1) is 32.0 Å². The lowest BCUT2D eigenvalue weighted by atomic mass is 9.97. The summed E-state index contributed by atoms with van der Waals surface area (Å²) in [5.74, 6) is -0.234. The smallest absolute Gasteiger partial charge is 0.220 e. The maximum absolute atomic E-state index is 13.4. The summed E-state index contributed by atoms with van der Waals surface area (Å²) in [5, 5.41) is 87.5. The largest absolute Gasteiger partial charge is 0.394 e. The van der Waals surface area contributed by atoms with Crippen LogP contribution in [0, 0.1) is 0 Å². The third kappa shape index (κ3) is 43.5. The van der Waals surface area contributed by atoms with E-state index in [0.717, 1.165) is 51.4 Å². The molecule has 522 valence electrons. The van der Waals surface area contributed by atoms with Crippen LogP contribution in [0.2, 0.25) is 0 Å². The van der Waals surface area contributed by atoms with Gasteiger partial charge in [-0.25, -0.2) is 0 Å². The van der Waals surface area contributed by atoms with Gasteiger partial charge in [0, 0.05) is 6.42 Å². The minimum Gasteiger partial charge on any atom is -0.394 e. The van der Waals surface area contributed by atoms with Crippen LogP contribution in [-0.4, -0.2) is 140 Å². The van der Waals surface area contributed by atoms with Crippen molar-refractivity contribution in [2.75, 3.05) is 19.8 Å². The first-order valence-corrected chi connectivity index (χ1v) is 37.4. The van der Waals surface area contributed by atoms with Crippen LogP contribution in [0.4, 0.5) is 0 Å². The Hall–Kier alpha value is -2.05. The van der Waals surface area contributed by atoms with Crippen molar-refractivity contribution in [3.8, 4) is 0 Å². The molecule has 0 bridgehead atoms. The van der Waals surface area contributed by atoms with Crippen LogP contribution in [-0.2, 0) is 23.7 Å². The van der Waals surface area contributed by atoms with E-state index in [1.54, 1.807) is 6.08 Å². The van der Waals surface area contributed by atoms with Crippen molar-refractivity contribution in [3.63, 3.8) is 0 Å². The molecule has 14 nitrogen and oxygen atoms in total. The van der Waals surface area contributed by atoms with E-state index in [-0.39, 0.29) is 18.9 Å². The van der Waals surface area contributed by atoms with Crippen LogP contribution < -0.4 is 5.32 Å². The molecule has 0 radical (unpaired) electrons. The number of nitrogens with one attached hydrogen (secondary N) is 1. The van der Waals surface area contributed by atoms with Crippen molar-refractivity contribution in [3.05, 3.63) is 48.6 Å². The molecule has 2 heterocycles. The van der Waals surface area contributed by atoms with Gasteiger partial charge in [-0.05, 0) is 57.8 Å². The Labute approximate surface area is 543 Å². The molecular formula is C75H139NO13. The molecule has 0 saturated carbocycles. The molecule has 9 N–H and O–H groups in total. The topological polar surface area (TPSA) is 228 Å². The second kappa shape index (κ2) is 59.7. The van der Waals surface area contributed by atoms with E-state index >= 15 is 0 Å². The van der Waals surface area contributed by atoms with E-state index in [0.29, 0.717) is 6.42 Å². The molecule has 0 aromatic carbocycles. The van der Waals surface area contributed by atoms with E-state index in [1.165, 1.54) is 250 Å². The minimum atomic E-state index is -1.79. The SMILES string of the molecule is CCCCCCC/C=C\C/C=C\C/C=C\CCCCCCCCCCCCCCCCCCCCC(=O)NC(COC1OC(CO)C(OC2OC(CO)C(O)C(O)C2O)C(O)C1O)C(O)/C=C/CCCCCCCCCCCCCCCCCCCCCC. The quantitative estimate of drug-likeness (QED) is 0.0204. The first kappa shape index (κ1) is 83.0.